The Kier molecular flexibility index (Phi) is 5.93. The van der Waals surface area contributed by atoms with Gasteiger partial charge in [-0.2, -0.15) is 0 Å². The quantitative estimate of drug-likeness (QED) is 0.804. The maximum absolute atomic E-state index is 12.8. The third kappa shape index (κ3) is 4.31. The summed E-state index contributed by atoms with van der Waals surface area (Å²) in [4.78, 5) is 38.5. The van der Waals surface area contributed by atoms with Crippen molar-refractivity contribution >= 4 is 29.2 Å². The predicted molar refractivity (Wildman–Crippen MR) is 104 cm³/mol. The number of anilines is 2. The Labute approximate surface area is 163 Å². The van der Waals surface area contributed by atoms with E-state index in [1.165, 1.54) is 12.0 Å². The molecule has 7 heteroatoms. The number of ether oxygens (including phenoxy) is 2. The predicted octanol–water partition coefficient (Wildman–Crippen LogP) is 2.54. The van der Waals surface area contributed by atoms with Gasteiger partial charge in [-0.15, -0.1) is 0 Å². The fraction of sp³-hybridized carbons (Fsp3) is 0.286. The summed E-state index contributed by atoms with van der Waals surface area (Å²) in [5.74, 6) is -0.485. The molecule has 1 atom stereocenters. The third-order valence-electron chi connectivity index (χ3n) is 4.51. The van der Waals surface area contributed by atoms with Crippen LogP contribution in [0.2, 0.25) is 0 Å². The second kappa shape index (κ2) is 8.56. The number of methoxy groups -OCH3 is 1. The number of benzene rings is 2. The molecular formula is C21H22N2O5. The molecule has 0 saturated heterocycles. The number of carbonyl (C=O) groups excluding carboxylic acids is 3. The average Bonchev–Trinajstić information content (AvgIpc) is 2.80. The van der Waals surface area contributed by atoms with Crippen LogP contribution in [-0.2, 0) is 25.5 Å². The minimum absolute atomic E-state index is 0.00345. The van der Waals surface area contributed by atoms with Gasteiger partial charge in [0.05, 0.1) is 24.9 Å². The van der Waals surface area contributed by atoms with Crippen molar-refractivity contribution in [2.24, 2.45) is 0 Å². The Morgan fingerprint density at radius 2 is 1.86 bits per heavy atom. The van der Waals surface area contributed by atoms with E-state index < -0.39 is 12.6 Å². The Morgan fingerprint density at radius 3 is 2.64 bits per heavy atom. The molecule has 1 heterocycles. The molecule has 7 nitrogen and oxygen atoms in total. The molecule has 2 amide bonds. The van der Waals surface area contributed by atoms with E-state index in [0.29, 0.717) is 22.7 Å². The Morgan fingerprint density at radius 1 is 1.14 bits per heavy atom. The number of esters is 1. The van der Waals surface area contributed by atoms with Crippen molar-refractivity contribution in [2.45, 2.75) is 25.8 Å². The highest BCUT2D eigenvalue weighted by Crippen LogP contribution is 2.31. The van der Waals surface area contributed by atoms with E-state index >= 15 is 0 Å². The highest BCUT2D eigenvalue weighted by atomic mass is 16.5. The van der Waals surface area contributed by atoms with Crippen LogP contribution in [0, 0.1) is 0 Å². The molecule has 146 valence electrons. The molecule has 0 bridgehead atoms. The molecule has 0 unspecified atom stereocenters. The lowest BCUT2D eigenvalue weighted by atomic mass is 10.1. The van der Waals surface area contributed by atoms with Gasteiger partial charge in [0.1, 0.15) is 5.75 Å². The number of fused-ring (bicyclic) bond motifs is 1. The highest BCUT2D eigenvalue weighted by Gasteiger charge is 2.30. The molecule has 1 N–H and O–H groups in total. The summed E-state index contributed by atoms with van der Waals surface area (Å²) in [7, 11) is 1.53. The van der Waals surface area contributed by atoms with Gasteiger partial charge in [-0.3, -0.25) is 14.4 Å². The molecule has 2 aromatic rings. The van der Waals surface area contributed by atoms with Gasteiger partial charge in [0.25, 0.3) is 5.91 Å². The lowest BCUT2D eigenvalue weighted by Gasteiger charge is -2.27. The van der Waals surface area contributed by atoms with Crippen LogP contribution in [0.25, 0.3) is 0 Å². The van der Waals surface area contributed by atoms with Gasteiger partial charge in [-0.05, 0) is 25.1 Å². The van der Waals surface area contributed by atoms with E-state index in [2.05, 4.69) is 5.32 Å². The molecule has 1 aliphatic heterocycles. The first-order valence-corrected chi connectivity index (χ1v) is 8.98. The number of hydrogen-bond donors (Lipinski definition) is 1. The summed E-state index contributed by atoms with van der Waals surface area (Å²) in [6, 6.07) is 13.8. The summed E-state index contributed by atoms with van der Waals surface area (Å²) in [6.45, 7) is 1.39. The van der Waals surface area contributed by atoms with Gasteiger partial charge in [0.15, 0.2) is 6.61 Å². The van der Waals surface area contributed by atoms with Crippen molar-refractivity contribution in [3.63, 3.8) is 0 Å². The summed E-state index contributed by atoms with van der Waals surface area (Å²) in [5, 5.41) is 2.79. The number of nitrogens with zero attached hydrogens (tertiary/aromatic N) is 1. The number of para-hydroxylation sites is 3. The molecule has 0 saturated carbocycles. The van der Waals surface area contributed by atoms with Crippen LogP contribution >= 0.6 is 0 Å². The van der Waals surface area contributed by atoms with Crippen molar-refractivity contribution in [1.29, 1.82) is 0 Å². The molecule has 2 aromatic carbocycles. The van der Waals surface area contributed by atoms with Crippen LogP contribution in [-0.4, -0.2) is 37.5 Å². The van der Waals surface area contributed by atoms with Crippen molar-refractivity contribution in [3.8, 4) is 5.75 Å². The zero-order valence-electron chi connectivity index (χ0n) is 15.8. The van der Waals surface area contributed by atoms with E-state index in [1.807, 2.05) is 6.07 Å². The van der Waals surface area contributed by atoms with Gasteiger partial charge in [-0.1, -0.05) is 30.3 Å². The van der Waals surface area contributed by atoms with Crippen molar-refractivity contribution in [2.75, 3.05) is 23.9 Å². The summed E-state index contributed by atoms with van der Waals surface area (Å²) < 4.78 is 10.4. The van der Waals surface area contributed by atoms with Crippen LogP contribution in [0.15, 0.2) is 48.5 Å². The number of rotatable bonds is 5. The molecule has 1 aliphatic rings. The first-order chi connectivity index (χ1) is 13.5. The Balaban J connectivity index is 1.68. The van der Waals surface area contributed by atoms with Crippen LogP contribution in [0.3, 0.4) is 0 Å². The summed E-state index contributed by atoms with van der Waals surface area (Å²) in [5.41, 5.74) is 1.84. The molecule has 0 fully saturated rings. The molecule has 0 aliphatic carbocycles. The number of nitrogens with one attached hydrogen (secondary N) is 1. The van der Waals surface area contributed by atoms with Gasteiger partial charge in [0, 0.05) is 18.0 Å². The van der Waals surface area contributed by atoms with E-state index in [0.717, 1.165) is 0 Å². The summed E-state index contributed by atoms with van der Waals surface area (Å²) >= 11 is 0. The molecule has 0 spiro atoms. The van der Waals surface area contributed by atoms with Crippen molar-refractivity contribution in [3.05, 3.63) is 54.1 Å². The van der Waals surface area contributed by atoms with Gasteiger partial charge in [0.2, 0.25) is 5.91 Å². The van der Waals surface area contributed by atoms with Gasteiger partial charge in [-0.25, -0.2) is 0 Å². The molecular weight excluding hydrogens is 360 g/mol. The largest absolute Gasteiger partial charge is 0.496 e. The molecule has 28 heavy (non-hydrogen) atoms. The first-order valence-electron chi connectivity index (χ1n) is 8.98. The standard InChI is InChI=1S/C21H22N2O5/c1-14-11-19(24)22-16-8-4-5-9-17(16)23(14)20(25)13-28-21(26)12-15-7-3-6-10-18(15)27-2/h3-10,14H,11-13H2,1-2H3,(H,22,24)/t14-/m0/s1. The monoisotopic (exact) mass is 382 g/mol. The van der Waals surface area contributed by atoms with Gasteiger partial charge >= 0.3 is 5.97 Å². The fourth-order valence-electron chi connectivity index (χ4n) is 3.24. The summed E-state index contributed by atoms with van der Waals surface area (Å²) in [6.07, 6.45) is 0.166. The lowest BCUT2D eigenvalue weighted by Crippen LogP contribution is -2.41. The van der Waals surface area contributed by atoms with E-state index in [-0.39, 0.29) is 30.7 Å². The van der Waals surface area contributed by atoms with Crippen molar-refractivity contribution in [1.82, 2.24) is 0 Å². The van der Waals surface area contributed by atoms with Crippen LogP contribution in [0.1, 0.15) is 18.9 Å². The van der Waals surface area contributed by atoms with Gasteiger partial charge < -0.3 is 19.7 Å². The molecule has 0 aromatic heterocycles. The number of amides is 2. The highest BCUT2D eigenvalue weighted by molar-refractivity contribution is 6.05. The van der Waals surface area contributed by atoms with Crippen molar-refractivity contribution < 1.29 is 23.9 Å². The molecule has 0 radical (unpaired) electrons. The minimum Gasteiger partial charge on any atom is -0.496 e. The second-order valence-electron chi connectivity index (χ2n) is 6.53. The Hall–Kier alpha value is -3.35. The van der Waals surface area contributed by atoms with E-state index in [1.54, 1.807) is 49.4 Å². The number of hydrogen-bond acceptors (Lipinski definition) is 5. The topological polar surface area (TPSA) is 84.9 Å². The first kappa shape index (κ1) is 19.4. The normalized spacial score (nSPS) is 15.9. The van der Waals surface area contributed by atoms with E-state index in [4.69, 9.17) is 9.47 Å². The fourth-order valence-corrected chi connectivity index (χ4v) is 3.24. The zero-order valence-corrected chi connectivity index (χ0v) is 15.8. The maximum Gasteiger partial charge on any atom is 0.310 e. The SMILES string of the molecule is COc1ccccc1CC(=O)OCC(=O)N1c2ccccc2NC(=O)C[C@@H]1C. The van der Waals surface area contributed by atoms with Crippen LogP contribution in [0.5, 0.6) is 5.75 Å². The Bertz CT molecular complexity index is 896. The van der Waals surface area contributed by atoms with E-state index in [9.17, 15) is 14.4 Å². The smallest absolute Gasteiger partial charge is 0.310 e. The second-order valence-corrected chi connectivity index (χ2v) is 6.53. The third-order valence-corrected chi connectivity index (χ3v) is 4.51. The minimum atomic E-state index is -0.525. The zero-order chi connectivity index (χ0) is 20.1. The average molecular weight is 382 g/mol. The lowest BCUT2D eigenvalue weighted by molar-refractivity contribution is -0.147. The maximum atomic E-state index is 12.8. The van der Waals surface area contributed by atoms with Crippen LogP contribution in [0.4, 0.5) is 11.4 Å². The number of carbonyl (C=O) groups is 3. The molecule has 3 rings (SSSR count). The van der Waals surface area contributed by atoms with Crippen LogP contribution < -0.4 is 15.0 Å².